The molecule has 3 rings (SSSR count). The number of carbonyl (C=O) groups excluding carboxylic acids is 1. The van der Waals surface area contributed by atoms with Gasteiger partial charge in [-0.3, -0.25) is 9.69 Å². The summed E-state index contributed by atoms with van der Waals surface area (Å²) in [6.07, 6.45) is 5.44. The predicted octanol–water partition coefficient (Wildman–Crippen LogP) is 1.14. The van der Waals surface area contributed by atoms with Crippen LogP contribution in [0.15, 0.2) is 0 Å². The van der Waals surface area contributed by atoms with E-state index in [2.05, 4.69) is 10.2 Å². The molecule has 4 nitrogen and oxygen atoms in total. The minimum atomic E-state index is 0. The zero-order valence-electron chi connectivity index (χ0n) is 11.3. The van der Waals surface area contributed by atoms with E-state index < -0.39 is 0 Å². The number of piperazine rings is 1. The summed E-state index contributed by atoms with van der Waals surface area (Å²) in [6, 6.07) is 0.847. The monoisotopic (exact) mass is 309 g/mol. The smallest absolute Gasteiger partial charge is 0.236 e. The molecule has 19 heavy (non-hydrogen) atoms. The minimum Gasteiger partial charge on any atom is -0.339 e. The Morgan fingerprint density at radius 3 is 2.16 bits per heavy atom. The van der Waals surface area contributed by atoms with Gasteiger partial charge >= 0.3 is 0 Å². The second-order valence-electron chi connectivity index (χ2n) is 5.72. The van der Waals surface area contributed by atoms with Crippen molar-refractivity contribution in [3.05, 3.63) is 0 Å². The second kappa shape index (κ2) is 7.67. The molecule has 0 aromatic carbocycles. The van der Waals surface area contributed by atoms with E-state index in [9.17, 15) is 4.79 Å². The fourth-order valence-electron chi connectivity index (χ4n) is 2.59. The van der Waals surface area contributed by atoms with Gasteiger partial charge in [0.1, 0.15) is 0 Å². The molecule has 2 saturated carbocycles. The third-order valence-corrected chi connectivity index (χ3v) is 4.14. The number of hydrogen-bond acceptors (Lipinski definition) is 3. The average molecular weight is 310 g/mol. The van der Waals surface area contributed by atoms with E-state index in [1.54, 1.807) is 0 Å². The molecule has 2 aliphatic carbocycles. The molecule has 0 bridgehead atoms. The quantitative estimate of drug-likeness (QED) is 0.827. The SMILES string of the molecule is Cl.Cl.O=C(CNCC1CC1)N1CCN(C2CC2)CC1. The van der Waals surface area contributed by atoms with E-state index in [4.69, 9.17) is 0 Å². The highest BCUT2D eigenvalue weighted by Crippen LogP contribution is 2.28. The maximum atomic E-state index is 11.9. The van der Waals surface area contributed by atoms with Gasteiger partial charge in [-0.05, 0) is 38.1 Å². The van der Waals surface area contributed by atoms with Crippen molar-refractivity contribution in [3.63, 3.8) is 0 Å². The van der Waals surface area contributed by atoms with Crippen molar-refractivity contribution in [2.75, 3.05) is 39.3 Å². The Bertz CT molecular complexity index is 288. The van der Waals surface area contributed by atoms with E-state index in [0.29, 0.717) is 12.5 Å². The van der Waals surface area contributed by atoms with Gasteiger partial charge in [-0.15, -0.1) is 24.8 Å². The topological polar surface area (TPSA) is 35.6 Å². The highest BCUT2D eigenvalue weighted by Gasteiger charge is 2.32. The number of halogens is 2. The molecule has 0 radical (unpaired) electrons. The van der Waals surface area contributed by atoms with Crippen LogP contribution in [0, 0.1) is 5.92 Å². The van der Waals surface area contributed by atoms with Gasteiger partial charge in [0.2, 0.25) is 5.91 Å². The standard InChI is InChI=1S/C13H23N3O.2ClH/c17-13(10-14-9-11-1-2-11)16-7-5-15(6-8-16)12-3-4-12;;/h11-12,14H,1-10H2;2*1H. The first-order chi connectivity index (χ1) is 8.33. The minimum absolute atomic E-state index is 0. The normalized spacial score (nSPS) is 23.5. The largest absolute Gasteiger partial charge is 0.339 e. The van der Waals surface area contributed by atoms with Gasteiger partial charge in [-0.2, -0.15) is 0 Å². The summed E-state index contributed by atoms with van der Waals surface area (Å²) in [7, 11) is 0. The van der Waals surface area contributed by atoms with Crippen molar-refractivity contribution in [1.82, 2.24) is 15.1 Å². The van der Waals surface area contributed by atoms with Crippen LogP contribution in [0.4, 0.5) is 0 Å². The molecular weight excluding hydrogens is 285 g/mol. The molecule has 0 aromatic rings. The fraction of sp³-hybridized carbons (Fsp3) is 0.923. The van der Waals surface area contributed by atoms with Crippen LogP contribution in [0.3, 0.4) is 0 Å². The number of rotatable bonds is 5. The Hall–Kier alpha value is -0.0300. The number of amides is 1. The van der Waals surface area contributed by atoms with Crippen molar-refractivity contribution >= 4 is 30.7 Å². The van der Waals surface area contributed by atoms with Crippen molar-refractivity contribution < 1.29 is 4.79 Å². The highest BCUT2D eigenvalue weighted by molar-refractivity contribution is 5.85. The number of nitrogens with one attached hydrogen (secondary N) is 1. The van der Waals surface area contributed by atoms with E-state index in [1.165, 1.54) is 25.7 Å². The lowest BCUT2D eigenvalue weighted by molar-refractivity contribution is -0.132. The predicted molar refractivity (Wildman–Crippen MR) is 81.3 cm³/mol. The van der Waals surface area contributed by atoms with Crippen LogP contribution in [-0.2, 0) is 4.79 Å². The van der Waals surface area contributed by atoms with Gasteiger partial charge in [0.25, 0.3) is 0 Å². The molecule has 1 saturated heterocycles. The molecule has 3 fully saturated rings. The van der Waals surface area contributed by atoms with Crippen molar-refractivity contribution in [1.29, 1.82) is 0 Å². The average Bonchev–Trinajstić information content (AvgIpc) is 3.22. The first-order valence-electron chi connectivity index (χ1n) is 7.05. The summed E-state index contributed by atoms with van der Waals surface area (Å²) in [5, 5.41) is 3.29. The third kappa shape index (κ3) is 5.10. The van der Waals surface area contributed by atoms with E-state index in [1.807, 2.05) is 4.90 Å². The number of hydrogen-bond donors (Lipinski definition) is 1. The molecular formula is C13H25Cl2N3O. The summed E-state index contributed by atoms with van der Waals surface area (Å²) in [5.41, 5.74) is 0. The van der Waals surface area contributed by atoms with E-state index in [0.717, 1.165) is 44.7 Å². The lowest BCUT2D eigenvalue weighted by Gasteiger charge is -2.34. The Labute approximate surface area is 128 Å². The van der Waals surface area contributed by atoms with Crippen LogP contribution in [0.2, 0.25) is 0 Å². The molecule has 0 unspecified atom stereocenters. The summed E-state index contributed by atoms with van der Waals surface area (Å²) >= 11 is 0. The fourth-order valence-corrected chi connectivity index (χ4v) is 2.59. The van der Waals surface area contributed by atoms with Crippen molar-refractivity contribution in [2.45, 2.75) is 31.7 Å². The lowest BCUT2D eigenvalue weighted by atomic mass is 10.3. The molecule has 1 amide bonds. The molecule has 1 N–H and O–H groups in total. The van der Waals surface area contributed by atoms with Gasteiger partial charge in [0.15, 0.2) is 0 Å². The number of nitrogens with zero attached hydrogens (tertiary/aromatic N) is 2. The molecule has 0 aromatic heterocycles. The Morgan fingerprint density at radius 1 is 1.00 bits per heavy atom. The summed E-state index contributed by atoms with van der Waals surface area (Å²) in [4.78, 5) is 16.5. The first kappa shape index (κ1) is 17.0. The maximum absolute atomic E-state index is 11.9. The number of carbonyl (C=O) groups is 1. The third-order valence-electron chi connectivity index (χ3n) is 4.14. The highest BCUT2D eigenvalue weighted by atomic mass is 35.5. The first-order valence-corrected chi connectivity index (χ1v) is 7.05. The van der Waals surface area contributed by atoms with Gasteiger partial charge in [0, 0.05) is 32.2 Å². The second-order valence-corrected chi connectivity index (χ2v) is 5.72. The van der Waals surface area contributed by atoms with Crippen LogP contribution < -0.4 is 5.32 Å². The molecule has 0 atom stereocenters. The van der Waals surface area contributed by atoms with Gasteiger partial charge in [-0.1, -0.05) is 0 Å². The molecule has 3 aliphatic rings. The molecule has 6 heteroatoms. The Balaban J connectivity index is 0.000000902. The zero-order valence-corrected chi connectivity index (χ0v) is 13.0. The molecule has 1 aliphatic heterocycles. The van der Waals surface area contributed by atoms with E-state index >= 15 is 0 Å². The van der Waals surface area contributed by atoms with Crippen LogP contribution in [0.1, 0.15) is 25.7 Å². The van der Waals surface area contributed by atoms with Crippen LogP contribution >= 0.6 is 24.8 Å². The van der Waals surface area contributed by atoms with Gasteiger partial charge in [-0.25, -0.2) is 0 Å². The molecule has 112 valence electrons. The van der Waals surface area contributed by atoms with Crippen molar-refractivity contribution in [2.24, 2.45) is 5.92 Å². The van der Waals surface area contributed by atoms with E-state index in [-0.39, 0.29) is 24.8 Å². The van der Waals surface area contributed by atoms with Crippen LogP contribution in [0.25, 0.3) is 0 Å². The van der Waals surface area contributed by atoms with Gasteiger partial charge < -0.3 is 10.2 Å². The van der Waals surface area contributed by atoms with Crippen LogP contribution in [0.5, 0.6) is 0 Å². The lowest BCUT2D eigenvalue weighted by Crippen LogP contribution is -2.51. The molecule has 1 heterocycles. The summed E-state index contributed by atoms with van der Waals surface area (Å²) in [5.74, 6) is 1.15. The Morgan fingerprint density at radius 2 is 1.63 bits per heavy atom. The van der Waals surface area contributed by atoms with Crippen molar-refractivity contribution in [3.8, 4) is 0 Å². The molecule has 0 spiro atoms. The van der Waals surface area contributed by atoms with Crippen LogP contribution in [-0.4, -0.2) is 61.0 Å². The van der Waals surface area contributed by atoms with Gasteiger partial charge in [0.05, 0.1) is 6.54 Å². The summed E-state index contributed by atoms with van der Waals surface area (Å²) in [6.45, 7) is 5.60. The zero-order chi connectivity index (χ0) is 11.7. The maximum Gasteiger partial charge on any atom is 0.236 e. The Kier molecular flexibility index (Phi) is 6.87. The summed E-state index contributed by atoms with van der Waals surface area (Å²) < 4.78 is 0.